The lowest BCUT2D eigenvalue weighted by Gasteiger charge is -2.07. The standard InChI is InChI=1S/C17H14N4O4S/c1-20-14(22)11-5-3-4-6-12(11)21-16(20)18-19-17(21)26-9-10-7-8-13(25-10)15(23)24-2/h3-8H,9H2,1-2H3. The number of furan rings is 1. The van der Waals surface area contributed by atoms with Crippen molar-refractivity contribution in [1.82, 2.24) is 19.2 Å². The number of fused-ring (bicyclic) bond motifs is 3. The van der Waals surface area contributed by atoms with E-state index < -0.39 is 5.97 Å². The van der Waals surface area contributed by atoms with Crippen molar-refractivity contribution in [3.63, 3.8) is 0 Å². The highest BCUT2D eigenvalue weighted by atomic mass is 32.2. The molecule has 0 atom stereocenters. The molecule has 0 saturated carbocycles. The summed E-state index contributed by atoms with van der Waals surface area (Å²) in [5.41, 5.74) is 0.624. The number of aryl methyl sites for hydroxylation is 1. The van der Waals surface area contributed by atoms with Gasteiger partial charge in [0, 0.05) is 7.05 Å². The number of benzene rings is 1. The minimum absolute atomic E-state index is 0.120. The van der Waals surface area contributed by atoms with Gasteiger partial charge in [-0.05, 0) is 24.3 Å². The highest BCUT2D eigenvalue weighted by Gasteiger charge is 2.16. The Morgan fingerprint density at radius 1 is 1.23 bits per heavy atom. The molecule has 3 heterocycles. The van der Waals surface area contributed by atoms with Gasteiger partial charge in [0.2, 0.25) is 11.5 Å². The summed E-state index contributed by atoms with van der Waals surface area (Å²) in [6, 6.07) is 10.6. The van der Waals surface area contributed by atoms with Gasteiger partial charge in [0.25, 0.3) is 5.56 Å². The number of aromatic nitrogens is 4. The van der Waals surface area contributed by atoms with Gasteiger partial charge in [-0.3, -0.25) is 13.8 Å². The van der Waals surface area contributed by atoms with Gasteiger partial charge >= 0.3 is 5.97 Å². The van der Waals surface area contributed by atoms with Crippen LogP contribution < -0.4 is 5.56 Å². The molecule has 26 heavy (non-hydrogen) atoms. The Bertz CT molecular complexity index is 1190. The molecule has 132 valence electrons. The largest absolute Gasteiger partial charge is 0.463 e. The fourth-order valence-electron chi connectivity index (χ4n) is 2.71. The first-order valence-electron chi connectivity index (χ1n) is 7.73. The zero-order valence-corrected chi connectivity index (χ0v) is 14.8. The van der Waals surface area contributed by atoms with Crippen molar-refractivity contribution >= 4 is 34.4 Å². The van der Waals surface area contributed by atoms with Gasteiger partial charge in [-0.1, -0.05) is 23.9 Å². The van der Waals surface area contributed by atoms with E-state index in [9.17, 15) is 9.59 Å². The van der Waals surface area contributed by atoms with Crippen molar-refractivity contribution in [3.8, 4) is 0 Å². The molecule has 9 heteroatoms. The van der Waals surface area contributed by atoms with Crippen LogP contribution in [0.1, 0.15) is 16.3 Å². The fraction of sp³-hybridized carbons (Fsp3) is 0.176. The van der Waals surface area contributed by atoms with Gasteiger partial charge in [0.1, 0.15) is 5.76 Å². The van der Waals surface area contributed by atoms with Gasteiger partial charge in [-0.25, -0.2) is 4.79 Å². The number of hydrogen-bond donors (Lipinski definition) is 0. The lowest BCUT2D eigenvalue weighted by Crippen LogP contribution is -2.20. The summed E-state index contributed by atoms with van der Waals surface area (Å²) in [5, 5.41) is 9.56. The second-order valence-corrected chi connectivity index (χ2v) is 6.49. The number of carbonyl (C=O) groups is 1. The number of thioether (sulfide) groups is 1. The molecule has 0 amide bonds. The van der Waals surface area contributed by atoms with E-state index in [1.807, 2.05) is 22.6 Å². The molecule has 0 aliphatic rings. The molecule has 0 bridgehead atoms. The second-order valence-electron chi connectivity index (χ2n) is 5.55. The first kappa shape index (κ1) is 16.4. The molecule has 0 radical (unpaired) electrons. The Hall–Kier alpha value is -3.07. The first-order chi connectivity index (χ1) is 12.6. The van der Waals surface area contributed by atoms with Crippen molar-refractivity contribution < 1.29 is 13.9 Å². The smallest absolute Gasteiger partial charge is 0.373 e. The Labute approximate surface area is 151 Å². The lowest BCUT2D eigenvalue weighted by molar-refractivity contribution is 0.0563. The monoisotopic (exact) mass is 370 g/mol. The molecule has 0 aliphatic carbocycles. The molecule has 3 aromatic heterocycles. The van der Waals surface area contributed by atoms with Crippen LogP contribution in [0.2, 0.25) is 0 Å². The van der Waals surface area contributed by atoms with Crippen molar-refractivity contribution in [3.05, 3.63) is 58.3 Å². The molecular weight excluding hydrogens is 356 g/mol. The molecule has 0 fully saturated rings. The van der Waals surface area contributed by atoms with Gasteiger partial charge in [-0.2, -0.15) is 0 Å². The van der Waals surface area contributed by atoms with Crippen LogP contribution in [0, 0.1) is 0 Å². The molecule has 0 N–H and O–H groups in total. The maximum atomic E-state index is 12.4. The molecular formula is C17H14N4O4S. The van der Waals surface area contributed by atoms with Crippen LogP contribution in [-0.2, 0) is 17.5 Å². The number of rotatable bonds is 4. The van der Waals surface area contributed by atoms with Gasteiger partial charge in [0.15, 0.2) is 5.16 Å². The van der Waals surface area contributed by atoms with E-state index in [1.165, 1.54) is 23.4 Å². The van der Waals surface area contributed by atoms with Crippen molar-refractivity contribution in [1.29, 1.82) is 0 Å². The fourth-order valence-corrected chi connectivity index (χ4v) is 3.54. The number of esters is 1. The third-order valence-electron chi connectivity index (χ3n) is 3.99. The second kappa shape index (κ2) is 6.34. The average Bonchev–Trinajstić information content (AvgIpc) is 3.31. The van der Waals surface area contributed by atoms with Gasteiger partial charge < -0.3 is 9.15 Å². The van der Waals surface area contributed by atoms with E-state index in [1.54, 1.807) is 25.2 Å². The molecule has 0 unspecified atom stereocenters. The third-order valence-corrected chi connectivity index (χ3v) is 4.94. The van der Waals surface area contributed by atoms with E-state index in [2.05, 4.69) is 14.9 Å². The molecule has 4 rings (SSSR count). The van der Waals surface area contributed by atoms with Gasteiger partial charge in [-0.15, -0.1) is 10.2 Å². The minimum Gasteiger partial charge on any atom is -0.463 e. The molecule has 1 aromatic carbocycles. The van der Waals surface area contributed by atoms with Crippen LogP contribution in [0.4, 0.5) is 0 Å². The molecule has 0 saturated heterocycles. The SMILES string of the molecule is COC(=O)c1ccc(CSc2nnc3n(C)c(=O)c4ccccc4n23)o1. The summed E-state index contributed by atoms with van der Waals surface area (Å²) in [6.45, 7) is 0. The minimum atomic E-state index is -0.518. The quantitative estimate of drug-likeness (QED) is 0.402. The normalized spacial score (nSPS) is 11.3. The summed E-state index contributed by atoms with van der Waals surface area (Å²) >= 11 is 1.40. The molecule has 8 nitrogen and oxygen atoms in total. The van der Waals surface area contributed by atoms with Gasteiger partial charge in [0.05, 0.1) is 23.8 Å². The Morgan fingerprint density at radius 3 is 2.85 bits per heavy atom. The number of hydrogen-bond acceptors (Lipinski definition) is 7. The molecule has 0 spiro atoms. The Balaban J connectivity index is 1.73. The van der Waals surface area contributed by atoms with E-state index >= 15 is 0 Å². The zero-order valence-electron chi connectivity index (χ0n) is 14.0. The first-order valence-corrected chi connectivity index (χ1v) is 8.71. The molecule has 0 aliphatic heterocycles. The maximum absolute atomic E-state index is 12.4. The van der Waals surface area contributed by atoms with E-state index in [0.717, 1.165) is 5.52 Å². The Kier molecular flexibility index (Phi) is 4.00. The predicted molar refractivity (Wildman–Crippen MR) is 95.3 cm³/mol. The summed E-state index contributed by atoms with van der Waals surface area (Å²) in [6.07, 6.45) is 0. The maximum Gasteiger partial charge on any atom is 0.373 e. The number of ether oxygens (including phenoxy) is 1. The summed E-state index contributed by atoms with van der Waals surface area (Å²) in [5.74, 6) is 1.17. The van der Waals surface area contributed by atoms with E-state index in [-0.39, 0.29) is 11.3 Å². The number of para-hydroxylation sites is 1. The summed E-state index contributed by atoms with van der Waals surface area (Å²) in [4.78, 5) is 23.9. The lowest BCUT2D eigenvalue weighted by atomic mass is 10.2. The van der Waals surface area contributed by atoms with E-state index in [0.29, 0.717) is 27.8 Å². The predicted octanol–water partition coefficient (Wildman–Crippen LogP) is 2.25. The summed E-state index contributed by atoms with van der Waals surface area (Å²) < 4.78 is 13.4. The Morgan fingerprint density at radius 2 is 2.04 bits per heavy atom. The average molecular weight is 370 g/mol. The van der Waals surface area contributed by atoms with E-state index in [4.69, 9.17) is 4.42 Å². The van der Waals surface area contributed by atoms with Crippen LogP contribution in [-0.4, -0.2) is 32.2 Å². The number of nitrogens with zero attached hydrogens (tertiary/aromatic N) is 4. The zero-order chi connectivity index (χ0) is 18.3. The van der Waals surface area contributed by atoms with Crippen molar-refractivity contribution in [2.24, 2.45) is 7.05 Å². The van der Waals surface area contributed by atoms with Crippen LogP contribution in [0.25, 0.3) is 16.7 Å². The summed E-state index contributed by atoms with van der Waals surface area (Å²) in [7, 11) is 2.97. The third kappa shape index (κ3) is 2.57. The molecule has 4 aromatic rings. The highest BCUT2D eigenvalue weighted by Crippen LogP contribution is 2.25. The highest BCUT2D eigenvalue weighted by molar-refractivity contribution is 7.98. The van der Waals surface area contributed by atoms with Crippen LogP contribution in [0.15, 0.2) is 50.8 Å². The number of methoxy groups -OCH3 is 1. The van der Waals surface area contributed by atoms with Crippen LogP contribution >= 0.6 is 11.8 Å². The van der Waals surface area contributed by atoms with Crippen molar-refractivity contribution in [2.45, 2.75) is 10.9 Å². The topological polar surface area (TPSA) is 91.6 Å². The van der Waals surface area contributed by atoms with Crippen LogP contribution in [0.5, 0.6) is 0 Å². The number of carbonyl (C=O) groups excluding carboxylic acids is 1. The van der Waals surface area contributed by atoms with Crippen molar-refractivity contribution in [2.75, 3.05) is 7.11 Å². The van der Waals surface area contributed by atoms with Crippen LogP contribution in [0.3, 0.4) is 0 Å².